The van der Waals surface area contributed by atoms with Crippen LogP contribution in [0.25, 0.3) is 0 Å². The molecule has 2 atom stereocenters. The van der Waals surface area contributed by atoms with E-state index in [0.29, 0.717) is 17.9 Å². The molecule has 0 spiro atoms. The molecule has 3 heteroatoms. The Labute approximate surface area is 111 Å². The first kappa shape index (κ1) is 13.9. The van der Waals surface area contributed by atoms with Crippen molar-refractivity contribution >= 4 is 5.91 Å². The summed E-state index contributed by atoms with van der Waals surface area (Å²) in [6, 6.07) is 0.577. The second-order valence-corrected chi connectivity index (χ2v) is 5.97. The highest BCUT2D eigenvalue weighted by molar-refractivity contribution is 5.82. The number of rotatable bonds is 3. The molecule has 2 rings (SSSR count). The molecule has 3 nitrogen and oxygen atoms in total. The van der Waals surface area contributed by atoms with E-state index < -0.39 is 0 Å². The molecule has 2 aliphatic rings. The SMILES string of the molecule is CCN(C(=O)C1NCCCC1C)C1CCCCC1. The summed E-state index contributed by atoms with van der Waals surface area (Å²) < 4.78 is 0. The van der Waals surface area contributed by atoms with E-state index in [1.165, 1.54) is 44.9 Å². The van der Waals surface area contributed by atoms with Crippen LogP contribution in [0.15, 0.2) is 0 Å². The maximum Gasteiger partial charge on any atom is 0.240 e. The Morgan fingerprint density at radius 3 is 2.50 bits per heavy atom. The van der Waals surface area contributed by atoms with Gasteiger partial charge in [0.1, 0.15) is 0 Å². The Kier molecular flexibility index (Phi) is 5.04. The largest absolute Gasteiger partial charge is 0.339 e. The van der Waals surface area contributed by atoms with Gasteiger partial charge in [-0.2, -0.15) is 0 Å². The van der Waals surface area contributed by atoms with Gasteiger partial charge < -0.3 is 10.2 Å². The van der Waals surface area contributed by atoms with Crippen molar-refractivity contribution in [2.24, 2.45) is 5.92 Å². The highest BCUT2D eigenvalue weighted by Crippen LogP contribution is 2.25. The highest BCUT2D eigenvalue weighted by atomic mass is 16.2. The van der Waals surface area contributed by atoms with E-state index in [0.717, 1.165) is 13.1 Å². The van der Waals surface area contributed by atoms with Crippen LogP contribution < -0.4 is 5.32 Å². The van der Waals surface area contributed by atoms with Crippen LogP contribution in [0.2, 0.25) is 0 Å². The molecule has 1 saturated carbocycles. The monoisotopic (exact) mass is 252 g/mol. The third-order valence-corrected chi connectivity index (χ3v) is 4.67. The lowest BCUT2D eigenvalue weighted by Crippen LogP contribution is -2.55. The smallest absolute Gasteiger partial charge is 0.240 e. The van der Waals surface area contributed by atoms with E-state index in [4.69, 9.17) is 0 Å². The predicted octanol–water partition coefficient (Wildman–Crippen LogP) is 2.56. The number of carbonyl (C=O) groups excluding carboxylic acids is 1. The molecule has 1 amide bonds. The highest BCUT2D eigenvalue weighted by Gasteiger charge is 2.33. The van der Waals surface area contributed by atoms with Gasteiger partial charge in [-0.25, -0.2) is 0 Å². The maximum atomic E-state index is 12.7. The van der Waals surface area contributed by atoms with Crippen molar-refractivity contribution in [3.8, 4) is 0 Å². The molecule has 0 aromatic rings. The van der Waals surface area contributed by atoms with Crippen LogP contribution >= 0.6 is 0 Å². The molecular formula is C15H28N2O. The lowest BCUT2D eigenvalue weighted by molar-refractivity contribution is -0.138. The summed E-state index contributed by atoms with van der Waals surface area (Å²) in [7, 11) is 0. The van der Waals surface area contributed by atoms with Crippen molar-refractivity contribution in [2.45, 2.75) is 70.9 Å². The summed E-state index contributed by atoms with van der Waals surface area (Å²) in [6.07, 6.45) is 8.75. The molecule has 1 saturated heterocycles. The van der Waals surface area contributed by atoms with E-state index >= 15 is 0 Å². The number of hydrogen-bond acceptors (Lipinski definition) is 2. The lowest BCUT2D eigenvalue weighted by atomic mass is 9.89. The summed E-state index contributed by atoms with van der Waals surface area (Å²) in [5.74, 6) is 0.848. The van der Waals surface area contributed by atoms with Crippen LogP contribution in [0.5, 0.6) is 0 Å². The molecule has 2 fully saturated rings. The average Bonchev–Trinajstić information content (AvgIpc) is 2.41. The minimum atomic E-state index is 0.0700. The molecule has 18 heavy (non-hydrogen) atoms. The van der Waals surface area contributed by atoms with Gasteiger partial charge in [-0.15, -0.1) is 0 Å². The zero-order chi connectivity index (χ0) is 13.0. The van der Waals surface area contributed by atoms with E-state index in [1.54, 1.807) is 0 Å². The van der Waals surface area contributed by atoms with Gasteiger partial charge >= 0.3 is 0 Å². The van der Waals surface area contributed by atoms with Gasteiger partial charge in [0.25, 0.3) is 0 Å². The van der Waals surface area contributed by atoms with Crippen molar-refractivity contribution in [1.82, 2.24) is 10.2 Å². The second-order valence-electron chi connectivity index (χ2n) is 5.97. The molecule has 0 bridgehead atoms. The van der Waals surface area contributed by atoms with Crippen molar-refractivity contribution in [3.63, 3.8) is 0 Å². The number of carbonyl (C=O) groups is 1. The summed E-state index contributed by atoms with van der Waals surface area (Å²) >= 11 is 0. The third-order valence-electron chi connectivity index (χ3n) is 4.67. The van der Waals surface area contributed by atoms with Crippen molar-refractivity contribution < 1.29 is 4.79 Å². The van der Waals surface area contributed by atoms with Crippen molar-refractivity contribution in [2.75, 3.05) is 13.1 Å². The van der Waals surface area contributed by atoms with E-state index in [-0.39, 0.29) is 6.04 Å². The van der Waals surface area contributed by atoms with Gasteiger partial charge in [-0.3, -0.25) is 4.79 Å². The van der Waals surface area contributed by atoms with Gasteiger partial charge in [0.05, 0.1) is 6.04 Å². The van der Waals surface area contributed by atoms with Crippen LogP contribution in [-0.2, 0) is 4.79 Å². The first-order chi connectivity index (χ1) is 8.74. The normalized spacial score (nSPS) is 30.1. The number of nitrogens with zero attached hydrogens (tertiary/aromatic N) is 1. The van der Waals surface area contributed by atoms with Gasteiger partial charge in [0.15, 0.2) is 0 Å². The first-order valence-electron chi connectivity index (χ1n) is 7.78. The topological polar surface area (TPSA) is 32.3 Å². The molecule has 0 aromatic heterocycles. The van der Waals surface area contributed by atoms with Crippen LogP contribution in [0.1, 0.15) is 58.8 Å². The Morgan fingerprint density at radius 1 is 1.17 bits per heavy atom. The number of piperidine rings is 1. The molecule has 2 unspecified atom stereocenters. The number of likely N-dealkylation sites (N-methyl/N-ethyl adjacent to an activating group) is 1. The van der Waals surface area contributed by atoms with E-state index in [1.807, 2.05) is 0 Å². The summed E-state index contributed by atoms with van der Waals surface area (Å²) in [6.45, 7) is 6.21. The second kappa shape index (κ2) is 6.55. The Balaban J connectivity index is 1.99. The number of hydrogen-bond donors (Lipinski definition) is 1. The minimum absolute atomic E-state index is 0.0700. The molecule has 0 radical (unpaired) electrons. The summed E-state index contributed by atoms with van der Waals surface area (Å²) in [4.78, 5) is 14.9. The van der Waals surface area contributed by atoms with Crippen LogP contribution in [0.4, 0.5) is 0 Å². The van der Waals surface area contributed by atoms with Crippen molar-refractivity contribution in [3.05, 3.63) is 0 Å². The average molecular weight is 252 g/mol. The van der Waals surface area contributed by atoms with Gasteiger partial charge in [0.2, 0.25) is 5.91 Å². The maximum absolute atomic E-state index is 12.7. The van der Waals surface area contributed by atoms with E-state index in [9.17, 15) is 4.79 Å². The van der Waals surface area contributed by atoms with Crippen LogP contribution in [-0.4, -0.2) is 36.0 Å². The molecule has 1 heterocycles. The third kappa shape index (κ3) is 3.05. The Morgan fingerprint density at radius 2 is 1.89 bits per heavy atom. The van der Waals surface area contributed by atoms with Gasteiger partial charge in [0, 0.05) is 12.6 Å². The molecule has 0 aromatic carbocycles. The fourth-order valence-corrected chi connectivity index (χ4v) is 3.55. The Hall–Kier alpha value is -0.570. The van der Waals surface area contributed by atoms with Crippen LogP contribution in [0, 0.1) is 5.92 Å². The Bertz CT molecular complexity index is 274. The molecule has 1 aliphatic carbocycles. The summed E-state index contributed by atoms with van der Waals surface area (Å²) in [5.41, 5.74) is 0. The summed E-state index contributed by atoms with van der Waals surface area (Å²) in [5, 5.41) is 3.43. The quantitative estimate of drug-likeness (QED) is 0.837. The minimum Gasteiger partial charge on any atom is -0.339 e. The van der Waals surface area contributed by atoms with Crippen LogP contribution in [0.3, 0.4) is 0 Å². The lowest BCUT2D eigenvalue weighted by Gasteiger charge is -2.39. The first-order valence-corrected chi connectivity index (χ1v) is 7.78. The van der Waals surface area contributed by atoms with Gasteiger partial charge in [-0.05, 0) is 45.1 Å². The zero-order valence-electron chi connectivity index (χ0n) is 12.0. The van der Waals surface area contributed by atoms with Crippen molar-refractivity contribution in [1.29, 1.82) is 0 Å². The molecule has 104 valence electrons. The fourth-order valence-electron chi connectivity index (χ4n) is 3.55. The molecular weight excluding hydrogens is 224 g/mol. The molecule has 1 N–H and O–H groups in total. The number of nitrogens with one attached hydrogen (secondary N) is 1. The van der Waals surface area contributed by atoms with Gasteiger partial charge in [-0.1, -0.05) is 26.2 Å². The fraction of sp³-hybridized carbons (Fsp3) is 0.933. The molecule has 1 aliphatic heterocycles. The zero-order valence-corrected chi connectivity index (χ0v) is 12.0. The standard InChI is InChI=1S/C15H28N2O/c1-3-17(13-9-5-4-6-10-13)15(18)14-12(2)8-7-11-16-14/h12-14,16H,3-11H2,1-2H3. The number of amides is 1. The predicted molar refractivity (Wildman–Crippen MR) is 74.4 cm³/mol. The van der Waals surface area contributed by atoms with E-state index in [2.05, 4.69) is 24.1 Å².